The fraction of sp³-hybridized carbons (Fsp3) is 0.476. The third kappa shape index (κ3) is 5.90. The molecule has 0 saturated carbocycles. The minimum Gasteiger partial charge on any atom is -0.481 e. The van der Waals surface area contributed by atoms with Crippen molar-refractivity contribution in [2.24, 2.45) is 5.92 Å². The summed E-state index contributed by atoms with van der Waals surface area (Å²) in [5.74, 6) is -1.21. The standard InChI is InChI=1S/C21H28FN3O3/c1-13(2)12-25-15(4)18(14(3)24-25)9-10-20(26)23-19(11-21(27)28)16-5-7-17(22)8-6-16/h5-8,13,19H,9-12H2,1-4H3,(H,23,26)(H,27,28). The fourth-order valence-corrected chi connectivity index (χ4v) is 3.25. The van der Waals surface area contributed by atoms with Gasteiger partial charge in [0, 0.05) is 18.7 Å². The van der Waals surface area contributed by atoms with Gasteiger partial charge in [0.1, 0.15) is 5.82 Å². The van der Waals surface area contributed by atoms with Crippen LogP contribution in [-0.2, 0) is 22.6 Å². The third-order valence-corrected chi connectivity index (χ3v) is 4.66. The van der Waals surface area contributed by atoms with Crippen LogP contribution in [0.4, 0.5) is 4.39 Å². The first kappa shape index (κ1) is 21.6. The highest BCUT2D eigenvalue weighted by Gasteiger charge is 2.19. The molecule has 6 nitrogen and oxygen atoms in total. The van der Waals surface area contributed by atoms with Crippen LogP contribution in [0.5, 0.6) is 0 Å². The third-order valence-electron chi connectivity index (χ3n) is 4.66. The summed E-state index contributed by atoms with van der Waals surface area (Å²) in [5, 5.41) is 16.5. The first-order chi connectivity index (χ1) is 13.2. The number of aryl methyl sites for hydroxylation is 1. The van der Waals surface area contributed by atoms with Crippen LogP contribution in [0.15, 0.2) is 24.3 Å². The molecule has 1 aromatic heterocycles. The van der Waals surface area contributed by atoms with E-state index in [1.807, 2.05) is 18.5 Å². The minimum absolute atomic E-state index is 0.229. The Kier molecular flexibility index (Phi) is 7.31. The molecule has 0 aliphatic heterocycles. The molecule has 0 spiro atoms. The number of nitrogens with one attached hydrogen (secondary N) is 1. The van der Waals surface area contributed by atoms with Crippen molar-refractivity contribution in [3.63, 3.8) is 0 Å². The fourth-order valence-electron chi connectivity index (χ4n) is 3.25. The van der Waals surface area contributed by atoms with Crippen LogP contribution in [0.2, 0.25) is 0 Å². The molecule has 0 radical (unpaired) electrons. The Hall–Kier alpha value is -2.70. The lowest BCUT2D eigenvalue weighted by atomic mass is 10.0. The van der Waals surface area contributed by atoms with Gasteiger partial charge in [-0.1, -0.05) is 26.0 Å². The van der Waals surface area contributed by atoms with E-state index in [-0.39, 0.29) is 18.7 Å². The maximum atomic E-state index is 13.1. The molecular weight excluding hydrogens is 361 g/mol. The largest absolute Gasteiger partial charge is 0.481 e. The zero-order valence-electron chi connectivity index (χ0n) is 16.8. The summed E-state index contributed by atoms with van der Waals surface area (Å²) >= 11 is 0. The van der Waals surface area contributed by atoms with E-state index in [1.54, 1.807) is 0 Å². The number of halogens is 1. The maximum Gasteiger partial charge on any atom is 0.305 e. The Morgan fingerprint density at radius 3 is 2.43 bits per heavy atom. The lowest BCUT2D eigenvalue weighted by Gasteiger charge is -2.17. The second kappa shape index (κ2) is 9.48. The molecule has 28 heavy (non-hydrogen) atoms. The molecule has 0 fully saturated rings. The monoisotopic (exact) mass is 389 g/mol. The van der Waals surface area contributed by atoms with Gasteiger partial charge in [-0.25, -0.2) is 4.39 Å². The van der Waals surface area contributed by atoms with Crippen molar-refractivity contribution in [2.45, 2.75) is 59.5 Å². The quantitative estimate of drug-likeness (QED) is 0.687. The SMILES string of the molecule is Cc1nn(CC(C)C)c(C)c1CCC(=O)NC(CC(=O)O)c1ccc(F)cc1. The number of nitrogens with zero attached hydrogens (tertiary/aromatic N) is 2. The molecule has 1 heterocycles. The number of rotatable bonds is 9. The van der Waals surface area contributed by atoms with Crippen molar-refractivity contribution in [1.29, 1.82) is 0 Å². The number of carbonyl (C=O) groups excluding carboxylic acids is 1. The summed E-state index contributed by atoms with van der Waals surface area (Å²) in [5.41, 5.74) is 3.58. The van der Waals surface area contributed by atoms with Gasteiger partial charge in [0.2, 0.25) is 5.91 Å². The van der Waals surface area contributed by atoms with E-state index in [1.165, 1.54) is 24.3 Å². The molecule has 2 rings (SSSR count). The minimum atomic E-state index is -1.03. The second-order valence-electron chi connectivity index (χ2n) is 7.49. The van der Waals surface area contributed by atoms with Crippen molar-refractivity contribution in [2.75, 3.05) is 0 Å². The number of carbonyl (C=O) groups is 2. The Labute approximate surface area is 164 Å². The van der Waals surface area contributed by atoms with Crippen LogP contribution < -0.4 is 5.32 Å². The van der Waals surface area contributed by atoms with Crippen molar-refractivity contribution in [3.05, 3.63) is 52.6 Å². The summed E-state index contributed by atoms with van der Waals surface area (Å²) in [4.78, 5) is 23.6. The van der Waals surface area contributed by atoms with Crippen LogP contribution in [0, 0.1) is 25.6 Å². The van der Waals surface area contributed by atoms with E-state index in [4.69, 9.17) is 5.11 Å². The van der Waals surface area contributed by atoms with Crippen LogP contribution >= 0.6 is 0 Å². The lowest BCUT2D eigenvalue weighted by molar-refractivity contribution is -0.137. The zero-order valence-corrected chi connectivity index (χ0v) is 16.8. The lowest BCUT2D eigenvalue weighted by Crippen LogP contribution is -2.30. The normalized spacial score (nSPS) is 12.2. The summed E-state index contributed by atoms with van der Waals surface area (Å²) in [6.45, 7) is 9.01. The number of aliphatic carboxylic acids is 1. The smallest absolute Gasteiger partial charge is 0.305 e. The molecule has 7 heteroatoms. The van der Waals surface area contributed by atoms with Gasteiger partial charge in [0.15, 0.2) is 0 Å². The van der Waals surface area contributed by atoms with E-state index in [0.29, 0.717) is 17.9 Å². The first-order valence-corrected chi connectivity index (χ1v) is 9.46. The van der Waals surface area contributed by atoms with Gasteiger partial charge in [-0.15, -0.1) is 0 Å². The Morgan fingerprint density at radius 2 is 1.86 bits per heavy atom. The van der Waals surface area contributed by atoms with Crippen molar-refractivity contribution in [3.8, 4) is 0 Å². The number of benzene rings is 1. The second-order valence-corrected chi connectivity index (χ2v) is 7.49. The predicted octanol–water partition coefficient (Wildman–Crippen LogP) is 3.56. The molecule has 152 valence electrons. The van der Waals surface area contributed by atoms with E-state index in [2.05, 4.69) is 24.3 Å². The molecule has 2 aromatic rings. The molecule has 2 N–H and O–H groups in total. The molecule has 0 aliphatic rings. The highest BCUT2D eigenvalue weighted by atomic mass is 19.1. The number of carboxylic acids is 1. The summed E-state index contributed by atoms with van der Waals surface area (Å²) in [6, 6.07) is 4.80. The van der Waals surface area contributed by atoms with E-state index < -0.39 is 17.8 Å². The Bertz CT molecular complexity index is 828. The number of hydrogen-bond donors (Lipinski definition) is 2. The van der Waals surface area contributed by atoms with Gasteiger partial charge in [-0.2, -0.15) is 5.10 Å². The Morgan fingerprint density at radius 1 is 1.21 bits per heavy atom. The summed E-state index contributed by atoms with van der Waals surface area (Å²) < 4.78 is 15.1. The Balaban J connectivity index is 2.04. The van der Waals surface area contributed by atoms with E-state index in [0.717, 1.165) is 23.5 Å². The van der Waals surface area contributed by atoms with Gasteiger partial charge >= 0.3 is 5.97 Å². The molecule has 1 unspecified atom stereocenters. The molecule has 1 amide bonds. The topological polar surface area (TPSA) is 84.2 Å². The molecule has 0 bridgehead atoms. The van der Waals surface area contributed by atoms with Gasteiger partial charge in [0.25, 0.3) is 0 Å². The molecule has 1 aromatic carbocycles. The van der Waals surface area contributed by atoms with Crippen molar-refractivity contribution in [1.82, 2.24) is 15.1 Å². The number of aromatic nitrogens is 2. The first-order valence-electron chi connectivity index (χ1n) is 9.46. The summed E-state index contributed by atoms with van der Waals surface area (Å²) in [7, 11) is 0. The van der Waals surface area contributed by atoms with Gasteiger partial charge in [0.05, 0.1) is 18.2 Å². The van der Waals surface area contributed by atoms with Gasteiger partial charge < -0.3 is 10.4 Å². The van der Waals surface area contributed by atoms with Crippen LogP contribution in [-0.4, -0.2) is 26.8 Å². The van der Waals surface area contributed by atoms with Gasteiger partial charge in [-0.3, -0.25) is 14.3 Å². The van der Waals surface area contributed by atoms with E-state index >= 15 is 0 Å². The molecule has 0 aliphatic carbocycles. The van der Waals surface area contributed by atoms with E-state index in [9.17, 15) is 14.0 Å². The van der Waals surface area contributed by atoms with Crippen LogP contribution in [0.3, 0.4) is 0 Å². The highest BCUT2D eigenvalue weighted by molar-refractivity contribution is 5.78. The molecular formula is C21H28FN3O3. The van der Waals surface area contributed by atoms with Crippen LogP contribution in [0.25, 0.3) is 0 Å². The number of carboxylic acid groups (broad SMARTS) is 1. The van der Waals surface area contributed by atoms with Crippen molar-refractivity contribution >= 4 is 11.9 Å². The number of amides is 1. The maximum absolute atomic E-state index is 13.1. The summed E-state index contributed by atoms with van der Waals surface area (Å²) in [6.07, 6.45) is 0.499. The van der Waals surface area contributed by atoms with Crippen LogP contribution in [0.1, 0.15) is 55.2 Å². The van der Waals surface area contributed by atoms with Crippen molar-refractivity contribution < 1.29 is 19.1 Å². The average Bonchev–Trinajstić information content (AvgIpc) is 2.85. The molecule has 0 saturated heterocycles. The predicted molar refractivity (Wildman–Crippen MR) is 104 cm³/mol. The highest BCUT2D eigenvalue weighted by Crippen LogP contribution is 2.19. The number of hydrogen-bond acceptors (Lipinski definition) is 3. The average molecular weight is 389 g/mol. The zero-order chi connectivity index (χ0) is 20.8. The van der Waals surface area contributed by atoms with Gasteiger partial charge in [-0.05, 0) is 49.4 Å². The molecule has 1 atom stereocenters.